The van der Waals surface area contributed by atoms with E-state index >= 15 is 0 Å². The summed E-state index contributed by atoms with van der Waals surface area (Å²) in [5.74, 6) is -0.209. The zero-order valence-electron chi connectivity index (χ0n) is 11.4. The average Bonchev–Trinajstić information content (AvgIpc) is 2.88. The minimum absolute atomic E-state index is 0.0364. The second kappa shape index (κ2) is 7.52. The first-order valence-electron chi connectivity index (χ1n) is 6.07. The predicted molar refractivity (Wildman–Crippen MR) is 68.5 cm³/mol. The zero-order chi connectivity index (χ0) is 14.3. The Hall–Kier alpha value is -1.89. The monoisotopic (exact) mass is 269 g/mol. The van der Waals surface area contributed by atoms with Crippen molar-refractivity contribution in [2.45, 2.75) is 26.3 Å². The third-order valence-electron chi connectivity index (χ3n) is 2.73. The number of hydrogen-bond acceptors (Lipinski definition) is 5. The van der Waals surface area contributed by atoms with Gasteiger partial charge in [-0.15, -0.1) is 0 Å². The Morgan fingerprint density at radius 1 is 1.58 bits per heavy atom. The summed E-state index contributed by atoms with van der Waals surface area (Å²) in [5, 5.41) is 6.12. The van der Waals surface area contributed by atoms with Crippen LogP contribution >= 0.6 is 0 Å². The Morgan fingerprint density at radius 3 is 2.84 bits per heavy atom. The van der Waals surface area contributed by atoms with Gasteiger partial charge in [-0.25, -0.2) is 0 Å². The maximum atomic E-state index is 11.9. The Labute approximate surface area is 111 Å². The summed E-state index contributed by atoms with van der Waals surface area (Å²) in [7, 11) is 1.45. The molecule has 0 aromatic carbocycles. The van der Waals surface area contributed by atoms with Gasteiger partial charge < -0.3 is 19.5 Å². The van der Waals surface area contributed by atoms with Crippen LogP contribution in [0.3, 0.4) is 0 Å². The molecular formula is C12H19N3O4. The second-order valence-corrected chi connectivity index (χ2v) is 4.14. The SMILES string of the molecule is CCC(C)N(CC(=O)Nc1ccon1)C(=O)COC. The van der Waals surface area contributed by atoms with Gasteiger partial charge in [-0.1, -0.05) is 12.1 Å². The largest absolute Gasteiger partial charge is 0.375 e. The van der Waals surface area contributed by atoms with Crippen molar-refractivity contribution in [1.29, 1.82) is 0 Å². The molecule has 0 aliphatic carbocycles. The molecule has 1 N–H and O–H groups in total. The van der Waals surface area contributed by atoms with Crippen LogP contribution in [0.15, 0.2) is 16.9 Å². The van der Waals surface area contributed by atoms with Crippen molar-refractivity contribution in [3.05, 3.63) is 12.3 Å². The van der Waals surface area contributed by atoms with Crippen LogP contribution in [0.25, 0.3) is 0 Å². The molecule has 1 unspecified atom stereocenters. The number of ether oxygens (including phenoxy) is 1. The highest BCUT2D eigenvalue weighted by Crippen LogP contribution is 2.06. The molecule has 1 aromatic rings. The summed E-state index contributed by atoms with van der Waals surface area (Å²) in [6.45, 7) is 3.76. The fourth-order valence-corrected chi connectivity index (χ4v) is 1.53. The number of anilines is 1. The van der Waals surface area contributed by atoms with Crippen LogP contribution in [0.4, 0.5) is 5.82 Å². The van der Waals surface area contributed by atoms with Crippen LogP contribution in [-0.2, 0) is 14.3 Å². The molecule has 0 aliphatic heterocycles. The van der Waals surface area contributed by atoms with Gasteiger partial charge in [0.2, 0.25) is 11.8 Å². The predicted octanol–water partition coefficient (Wildman–Crippen LogP) is 0.887. The van der Waals surface area contributed by atoms with E-state index in [2.05, 4.69) is 15.0 Å². The van der Waals surface area contributed by atoms with Crippen LogP contribution in [0.2, 0.25) is 0 Å². The number of carbonyl (C=O) groups is 2. The summed E-state index contributed by atoms with van der Waals surface area (Å²) >= 11 is 0. The van der Waals surface area contributed by atoms with Gasteiger partial charge in [0.15, 0.2) is 5.82 Å². The Bertz CT molecular complexity index is 405. The van der Waals surface area contributed by atoms with Gasteiger partial charge in [-0.2, -0.15) is 0 Å². The number of carbonyl (C=O) groups excluding carboxylic acids is 2. The maximum Gasteiger partial charge on any atom is 0.249 e. The minimum Gasteiger partial charge on any atom is -0.375 e. The van der Waals surface area contributed by atoms with Gasteiger partial charge in [-0.3, -0.25) is 9.59 Å². The van der Waals surface area contributed by atoms with Gasteiger partial charge in [0, 0.05) is 19.2 Å². The molecule has 1 atom stereocenters. The van der Waals surface area contributed by atoms with E-state index in [0.29, 0.717) is 5.82 Å². The van der Waals surface area contributed by atoms with Gasteiger partial charge in [0.05, 0.1) is 0 Å². The smallest absolute Gasteiger partial charge is 0.249 e. The van der Waals surface area contributed by atoms with Crippen molar-refractivity contribution >= 4 is 17.6 Å². The molecule has 2 amide bonds. The molecule has 1 rings (SSSR count). The van der Waals surface area contributed by atoms with E-state index in [4.69, 9.17) is 4.74 Å². The van der Waals surface area contributed by atoms with Crippen LogP contribution in [0, 0.1) is 0 Å². The average molecular weight is 269 g/mol. The highest BCUT2D eigenvalue weighted by molar-refractivity contribution is 5.94. The lowest BCUT2D eigenvalue weighted by Crippen LogP contribution is -2.45. The molecule has 19 heavy (non-hydrogen) atoms. The lowest BCUT2D eigenvalue weighted by Gasteiger charge is -2.27. The van der Waals surface area contributed by atoms with Crippen molar-refractivity contribution in [2.24, 2.45) is 0 Å². The van der Waals surface area contributed by atoms with Gasteiger partial charge in [-0.05, 0) is 13.3 Å². The van der Waals surface area contributed by atoms with Crippen molar-refractivity contribution in [3.8, 4) is 0 Å². The highest BCUT2D eigenvalue weighted by Gasteiger charge is 2.21. The number of methoxy groups -OCH3 is 1. The van der Waals surface area contributed by atoms with Crippen LogP contribution in [0.1, 0.15) is 20.3 Å². The first-order chi connectivity index (χ1) is 9.08. The summed E-state index contributed by atoms with van der Waals surface area (Å²) < 4.78 is 9.43. The summed E-state index contributed by atoms with van der Waals surface area (Å²) in [4.78, 5) is 25.2. The molecule has 1 heterocycles. The van der Waals surface area contributed by atoms with Crippen molar-refractivity contribution in [3.63, 3.8) is 0 Å². The van der Waals surface area contributed by atoms with Gasteiger partial charge in [0.25, 0.3) is 0 Å². The molecule has 0 saturated carbocycles. The lowest BCUT2D eigenvalue weighted by atomic mass is 10.2. The number of aromatic nitrogens is 1. The quantitative estimate of drug-likeness (QED) is 0.794. The van der Waals surface area contributed by atoms with Crippen LogP contribution in [-0.4, -0.2) is 48.2 Å². The van der Waals surface area contributed by atoms with E-state index in [1.54, 1.807) is 0 Å². The molecule has 1 aromatic heterocycles. The fourth-order valence-electron chi connectivity index (χ4n) is 1.53. The number of rotatable bonds is 7. The third-order valence-corrected chi connectivity index (χ3v) is 2.73. The topological polar surface area (TPSA) is 84.7 Å². The van der Waals surface area contributed by atoms with Crippen LogP contribution < -0.4 is 5.32 Å². The first-order valence-corrected chi connectivity index (χ1v) is 6.07. The molecule has 7 heteroatoms. The fraction of sp³-hybridized carbons (Fsp3) is 0.583. The van der Waals surface area contributed by atoms with E-state index < -0.39 is 0 Å². The summed E-state index contributed by atoms with van der Waals surface area (Å²) in [5.41, 5.74) is 0. The molecule has 0 spiro atoms. The molecule has 7 nitrogen and oxygen atoms in total. The first kappa shape index (κ1) is 15.2. The highest BCUT2D eigenvalue weighted by atomic mass is 16.5. The van der Waals surface area contributed by atoms with E-state index in [1.807, 2.05) is 13.8 Å². The lowest BCUT2D eigenvalue weighted by molar-refractivity contribution is -0.140. The molecule has 0 bridgehead atoms. The minimum atomic E-state index is -0.321. The molecule has 0 fully saturated rings. The van der Waals surface area contributed by atoms with Crippen molar-refractivity contribution in [1.82, 2.24) is 10.1 Å². The van der Waals surface area contributed by atoms with Crippen molar-refractivity contribution < 1.29 is 18.8 Å². The van der Waals surface area contributed by atoms with E-state index in [1.165, 1.54) is 24.3 Å². The van der Waals surface area contributed by atoms with Gasteiger partial charge in [0.1, 0.15) is 19.4 Å². The van der Waals surface area contributed by atoms with Crippen LogP contribution in [0.5, 0.6) is 0 Å². The van der Waals surface area contributed by atoms with E-state index in [9.17, 15) is 9.59 Å². The Kier molecular flexibility index (Phi) is 6.01. The zero-order valence-corrected chi connectivity index (χ0v) is 11.4. The normalized spacial score (nSPS) is 11.9. The maximum absolute atomic E-state index is 11.9. The Balaban J connectivity index is 2.61. The summed E-state index contributed by atoms with van der Waals surface area (Å²) in [6, 6.07) is 1.49. The molecule has 0 saturated heterocycles. The molecular weight excluding hydrogens is 250 g/mol. The summed E-state index contributed by atoms with van der Waals surface area (Å²) in [6.07, 6.45) is 2.12. The van der Waals surface area contributed by atoms with Crippen molar-refractivity contribution in [2.75, 3.05) is 25.6 Å². The molecule has 0 aliphatic rings. The number of amides is 2. The van der Waals surface area contributed by atoms with E-state index in [-0.39, 0.29) is 31.0 Å². The molecule has 0 radical (unpaired) electrons. The number of hydrogen-bond donors (Lipinski definition) is 1. The number of nitrogens with zero attached hydrogens (tertiary/aromatic N) is 2. The third kappa shape index (κ3) is 4.70. The van der Waals surface area contributed by atoms with Gasteiger partial charge >= 0.3 is 0 Å². The van der Waals surface area contributed by atoms with E-state index in [0.717, 1.165) is 6.42 Å². The number of nitrogens with one attached hydrogen (secondary N) is 1. The second-order valence-electron chi connectivity index (χ2n) is 4.14. The Morgan fingerprint density at radius 2 is 2.32 bits per heavy atom. The molecule has 106 valence electrons. The standard InChI is InChI=1S/C12H19N3O4/c1-4-9(2)15(12(17)8-18-3)7-11(16)13-10-5-6-19-14-10/h5-6,9H,4,7-8H2,1-3H3,(H,13,14,16).